The van der Waals surface area contributed by atoms with Gasteiger partial charge < -0.3 is 14.7 Å². The van der Waals surface area contributed by atoms with Crippen LogP contribution in [0.1, 0.15) is 23.1 Å². The van der Waals surface area contributed by atoms with Crippen molar-refractivity contribution in [3.05, 3.63) is 95.6 Å². The Kier molecular flexibility index (Phi) is 7.42. The fourth-order valence-corrected chi connectivity index (χ4v) is 4.22. The monoisotopic (exact) mass is 449 g/mol. The number of hydrogen-bond acceptors (Lipinski definition) is 5. The Hall–Kier alpha value is -4.29. The van der Waals surface area contributed by atoms with Crippen LogP contribution in [0.3, 0.4) is 0 Å². The minimum Gasteiger partial charge on any atom is -0.368 e. The average Bonchev–Trinajstić information content (AvgIpc) is 2.91. The summed E-state index contributed by atoms with van der Waals surface area (Å²) in [4.78, 5) is 19.4. The number of nitrogens with zero attached hydrogens (tertiary/aromatic N) is 5. The first-order valence-corrected chi connectivity index (χ1v) is 11.5. The summed E-state index contributed by atoms with van der Waals surface area (Å²) in [6.45, 7) is 4.23. The van der Waals surface area contributed by atoms with Crippen molar-refractivity contribution in [3.8, 4) is 12.1 Å². The molecule has 1 heterocycles. The van der Waals surface area contributed by atoms with Crippen molar-refractivity contribution in [1.82, 2.24) is 4.90 Å². The quantitative estimate of drug-likeness (QED) is 0.541. The van der Waals surface area contributed by atoms with Crippen LogP contribution in [0.5, 0.6) is 0 Å². The van der Waals surface area contributed by atoms with E-state index in [1.165, 1.54) is 5.69 Å². The second-order valence-corrected chi connectivity index (χ2v) is 8.35. The van der Waals surface area contributed by atoms with Crippen LogP contribution in [0.15, 0.2) is 78.9 Å². The topological polar surface area (TPSA) is 74.4 Å². The molecule has 1 aliphatic heterocycles. The molecule has 1 aliphatic rings. The van der Waals surface area contributed by atoms with E-state index in [4.69, 9.17) is 5.26 Å². The number of anilines is 2. The molecule has 3 aromatic carbocycles. The van der Waals surface area contributed by atoms with E-state index in [1.54, 1.807) is 18.2 Å². The van der Waals surface area contributed by atoms with Crippen LogP contribution in [0, 0.1) is 22.7 Å². The lowest BCUT2D eigenvalue weighted by Gasteiger charge is -2.36. The van der Waals surface area contributed by atoms with Crippen LogP contribution in [-0.2, 0) is 11.3 Å². The molecule has 0 radical (unpaired) electrons. The van der Waals surface area contributed by atoms with Gasteiger partial charge in [0.15, 0.2) is 0 Å². The number of carbonyl (C=O) groups is 1. The molecule has 6 heteroatoms. The lowest BCUT2D eigenvalue weighted by Crippen LogP contribution is -2.49. The first-order valence-electron chi connectivity index (χ1n) is 11.5. The molecule has 0 bridgehead atoms. The summed E-state index contributed by atoms with van der Waals surface area (Å²) in [6.07, 6.45) is 0.401. The van der Waals surface area contributed by atoms with Gasteiger partial charge in [-0.1, -0.05) is 36.4 Å². The van der Waals surface area contributed by atoms with Crippen molar-refractivity contribution >= 4 is 17.3 Å². The summed E-state index contributed by atoms with van der Waals surface area (Å²) in [5.74, 6) is 0.147. The molecule has 1 fully saturated rings. The molecule has 1 saturated heterocycles. The molecule has 0 N–H and O–H groups in total. The zero-order chi connectivity index (χ0) is 23.8. The smallest absolute Gasteiger partial charge is 0.224 e. The highest BCUT2D eigenvalue weighted by atomic mass is 16.2. The first kappa shape index (κ1) is 22.9. The number of rotatable bonds is 7. The van der Waals surface area contributed by atoms with Gasteiger partial charge >= 0.3 is 0 Å². The number of para-hydroxylation sites is 1. The molecule has 6 nitrogen and oxygen atoms in total. The minimum absolute atomic E-state index is 0.147. The Labute approximate surface area is 200 Å². The van der Waals surface area contributed by atoms with Gasteiger partial charge in [-0.2, -0.15) is 10.5 Å². The lowest BCUT2D eigenvalue weighted by atomic mass is 10.1. The molecule has 0 aliphatic carbocycles. The number of piperazine rings is 1. The zero-order valence-corrected chi connectivity index (χ0v) is 19.1. The molecular weight excluding hydrogens is 422 g/mol. The third kappa shape index (κ3) is 5.74. The van der Waals surface area contributed by atoms with Gasteiger partial charge in [-0.25, -0.2) is 0 Å². The van der Waals surface area contributed by atoms with Gasteiger partial charge in [-0.15, -0.1) is 0 Å². The fraction of sp³-hybridized carbons (Fsp3) is 0.250. The Morgan fingerprint density at radius 2 is 1.53 bits per heavy atom. The minimum atomic E-state index is 0.147. The number of amides is 1. The molecule has 34 heavy (non-hydrogen) atoms. The Morgan fingerprint density at radius 1 is 0.824 bits per heavy atom. The fourth-order valence-electron chi connectivity index (χ4n) is 4.22. The van der Waals surface area contributed by atoms with Crippen LogP contribution in [0.4, 0.5) is 11.4 Å². The van der Waals surface area contributed by atoms with Crippen LogP contribution >= 0.6 is 0 Å². The SMILES string of the molecule is N#Cc1ccc(CN(CCC(=O)N2CCN(c3ccccc3)CC2)c2cccc(C#N)c2)cc1. The van der Waals surface area contributed by atoms with Gasteiger partial charge in [0.05, 0.1) is 23.3 Å². The van der Waals surface area contributed by atoms with Gasteiger partial charge in [-0.05, 0) is 48.0 Å². The third-order valence-electron chi connectivity index (χ3n) is 6.15. The standard InChI is InChI=1S/C28H27N5O/c29-20-23-9-11-24(12-10-23)22-33(27-8-4-5-25(19-27)21-30)14-13-28(34)32-17-15-31(16-18-32)26-6-2-1-3-7-26/h1-12,19H,13-18,22H2. The number of nitriles is 2. The second kappa shape index (κ2) is 11.0. The van der Waals surface area contributed by atoms with Crippen molar-refractivity contribution < 1.29 is 4.79 Å². The van der Waals surface area contributed by atoms with Crippen LogP contribution < -0.4 is 9.80 Å². The van der Waals surface area contributed by atoms with Crippen LogP contribution in [-0.4, -0.2) is 43.5 Å². The van der Waals surface area contributed by atoms with Crippen molar-refractivity contribution in [1.29, 1.82) is 10.5 Å². The molecule has 0 spiro atoms. The molecule has 0 aromatic heterocycles. The summed E-state index contributed by atoms with van der Waals surface area (Å²) in [6, 6.07) is 29.6. The van der Waals surface area contributed by atoms with Crippen LogP contribution in [0.2, 0.25) is 0 Å². The predicted molar refractivity (Wildman–Crippen MR) is 133 cm³/mol. The summed E-state index contributed by atoms with van der Waals surface area (Å²) in [7, 11) is 0. The van der Waals surface area contributed by atoms with Crippen molar-refractivity contribution in [2.45, 2.75) is 13.0 Å². The van der Waals surface area contributed by atoms with E-state index in [2.05, 4.69) is 34.1 Å². The van der Waals surface area contributed by atoms with E-state index in [1.807, 2.05) is 53.4 Å². The Balaban J connectivity index is 1.40. The Bertz CT molecular complexity index is 1190. The van der Waals surface area contributed by atoms with Gasteiger partial charge in [0, 0.05) is 57.1 Å². The van der Waals surface area contributed by atoms with Crippen molar-refractivity contribution in [2.75, 3.05) is 42.5 Å². The number of carbonyl (C=O) groups excluding carboxylic acids is 1. The molecule has 1 amide bonds. The van der Waals surface area contributed by atoms with E-state index >= 15 is 0 Å². The molecular formula is C28H27N5O. The molecule has 0 unspecified atom stereocenters. The van der Waals surface area contributed by atoms with Gasteiger partial charge in [-0.3, -0.25) is 4.79 Å². The Morgan fingerprint density at radius 3 is 2.21 bits per heavy atom. The van der Waals surface area contributed by atoms with Crippen molar-refractivity contribution in [2.24, 2.45) is 0 Å². The zero-order valence-electron chi connectivity index (χ0n) is 19.1. The van der Waals surface area contributed by atoms with E-state index in [-0.39, 0.29) is 5.91 Å². The van der Waals surface area contributed by atoms with E-state index < -0.39 is 0 Å². The van der Waals surface area contributed by atoms with E-state index in [9.17, 15) is 10.1 Å². The predicted octanol–water partition coefficient (Wildman–Crippen LogP) is 4.18. The van der Waals surface area contributed by atoms with Crippen LogP contribution in [0.25, 0.3) is 0 Å². The molecule has 4 rings (SSSR count). The van der Waals surface area contributed by atoms with E-state index in [0.29, 0.717) is 43.7 Å². The number of benzene rings is 3. The van der Waals surface area contributed by atoms with Gasteiger partial charge in [0.2, 0.25) is 5.91 Å². The summed E-state index contributed by atoms with van der Waals surface area (Å²) in [5, 5.41) is 18.4. The van der Waals surface area contributed by atoms with Gasteiger partial charge in [0.25, 0.3) is 0 Å². The first-order chi connectivity index (χ1) is 16.7. The average molecular weight is 450 g/mol. The summed E-state index contributed by atoms with van der Waals surface area (Å²) >= 11 is 0. The third-order valence-corrected chi connectivity index (χ3v) is 6.15. The highest BCUT2D eigenvalue weighted by Gasteiger charge is 2.22. The molecule has 170 valence electrons. The maximum absolute atomic E-state index is 13.0. The van der Waals surface area contributed by atoms with Gasteiger partial charge in [0.1, 0.15) is 0 Å². The molecule has 0 saturated carbocycles. The molecule has 0 atom stereocenters. The number of hydrogen-bond donors (Lipinski definition) is 0. The highest BCUT2D eigenvalue weighted by Crippen LogP contribution is 2.21. The second-order valence-electron chi connectivity index (χ2n) is 8.35. The normalized spacial score (nSPS) is 13.1. The largest absolute Gasteiger partial charge is 0.368 e. The summed E-state index contributed by atoms with van der Waals surface area (Å²) in [5.41, 5.74) is 4.35. The highest BCUT2D eigenvalue weighted by molar-refractivity contribution is 5.77. The van der Waals surface area contributed by atoms with E-state index in [0.717, 1.165) is 24.3 Å². The van der Waals surface area contributed by atoms with Crippen molar-refractivity contribution in [3.63, 3.8) is 0 Å². The lowest BCUT2D eigenvalue weighted by molar-refractivity contribution is -0.131. The maximum atomic E-state index is 13.0. The summed E-state index contributed by atoms with van der Waals surface area (Å²) < 4.78 is 0. The maximum Gasteiger partial charge on any atom is 0.224 e. The molecule has 3 aromatic rings.